The number of unbranched alkanes of at least 4 members (excludes halogenated alkanes) is 20. The molecule has 1 fully saturated rings. The lowest BCUT2D eigenvalue weighted by atomic mass is 9.83. The maximum Gasteiger partial charge on any atom is 0.306 e. The lowest BCUT2D eigenvalue weighted by molar-refractivity contribution is -0.175. The fourth-order valence-corrected chi connectivity index (χ4v) is 8.72. The predicted molar refractivity (Wildman–Crippen MR) is 264 cm³/mol. The standard InChI is InChI=1S/C55H98O11/c1-7-12-16-20-24-28-34-61-45(6)38-47(40-51(56)62-35-29-25-21-17-13-8-2)43-55(60)66-50-39-46(11-5)32-33-49(50)65-54(59)44-48(41-52(57)63-36-30-26-22-18-14-9-3)42-53(58)64-37-31-27-23-19-15-10-4/h46-50H,6-44H2,1-5H3/t46?,47?,49-,50+/m0/s1. The summed E-state index contributed by atoms with van der Waals surface area (Å²) in [4.78, 5) is 66.5. The smallest absolute Gasteiger partial charge is 0.306 e. The molecule has 0 spiro atoms. The number of carbonyl (C=O) groups excluding carboxylic acids is 5. The minimum absolute atomic E-state index is 0.0369. The molecule has 1 rings (SSSR count). The third-order valence-electron chi connectivity index (χ3n) is 12.9. The van der Waals surface area contributed by atoms with E-state index in [1.807, 2.05) is 0 Å². The molecule has 0 radical (unpaired) electrons. The van der Waals surface area contributed by atoms with E-state index < -0.39 is 47.9 Å². The van der Waals surface area contributed by atoms with E-state index in [0.29, 0.717) is 51.4 Å². The van der Waals surface area contributed by atoms with Gasteiger partial charge in [-0.2, -0.15) is 0 Å². The van der Waals surface area contributed by atoms with Gasteiger partial charge in [0.25, 0.3) is 0 Å². The third kappa shape index (κ3) is 34.2. The lowest BCUT2D eigenvalue weighted by Crippen LogP contribution is -2.41. The van der Waals surface area contributed by atoms with Crippen molar-refractivity contribution in [2.24, 2.45) is 17.8 Å². The van der Waals surface area contributed by atoms with Crippen molar-refractivity contribution in [3.8, 4) is 0 Å². The highest BCUT2D eigenvalue weighted by molar-refractivity contribution is 5.77. The van der Waals surface area contributed by atoms with Crippen molar-refractivity contribution in [3.05, 3.63) is 12.3 Å². The SMILES string of the molecule is C=C(CC(CC(=O)OCCCCCCCC)CC(=O)O[C@@H]1CC(CC)CC[C@@H]1OC(=O)CC(CC(=O)OCCCCCCCC)CC(=O)OCCCCCCCC)OCCCCCCCC. The van der Waals surface area contributed by atoms with E-state index in [9.17, 15) is 24.0 Å². The molecule has 1 saturated carbocycles. The van der Waals surface area contributed by atoms with Crippen molar-refractivity contribution in [2.45, 2.75) is 265 Å². The van der Waals surface area contributed by atoms with Crippen molar-refractivity contribution in [1.29, 1.82) is 0 Å². The van der Waals surface area contributed by atoms with Crippen molar-refractivity contribution in [3.63, 3.8) is 0 Å². The largest absolute Gasteiger partial charge is 0.499 e. The Kier molecular flexibility index (Phi) is 38.8. The number of esters is 5. The van der Waals surface area contributed by atoms with Crippen LogP contribution >= 0.6 is 0 Å². The highest BCUT2D eigenvalue weighted by Gasteiger charge is 2.37. The Morgan fingerprint density at radius 3 is 1.09 bits per heavy atom. The molecule has 1 aliphatic carbocycles. The predicted octanol–water partition coefficient (Wildman–Crippen LogP) is 14.2. The molecular weight excluding hydrogens is 837 g/mol. The molecule has 4 atom stereocenters. The van der Waals surface area contributed by atoms with Crippen LogP contribution in [0.3, 0.4) is 0 Å². The van der Waals surface area contributed by atoms with Gasteiger partial charge in [-0.3, -0.25) is 24.0 Å². The maximum atomic E-state index is 13.8. The van der Waals surface area contributed by atoms with Crippen LogP contribution in [0.25, 0.3) is 0 Å². The first-order chi connectivity index (χ1) is 32.0. The van der Waals surface area contributed by atoms with Crippen LogP contribution in [0, 0.1) is 17.8 Å². The summed E-state index contributed by atoms with van der Waals surface area (Å²) in [5.74, 6) is -2.55. The molecule has 0 saturated heterocycles. The van der Waals surface area contributed by atoms with Gasteiger partial charge < -0.3 is 28.4 Å². The Hall–Kier alpha value is -3.11. The van der Waals surface area contributed by atoms with E-state index in [0.717, 1.165) is 109 Å². The van der Waals surface area contributed by atoms with Crippen LogP contribution in [0.1, 0.15) is 253 Å². The Balaban J connectivity index is 2.97. The molecule has 0 bridgehead atoms. The van der Waals surface area contributed by atoms with Gasteiger partial charge in [-0.15, -0.1) is 0 Å². The quantitative estimate of drug-likeness (QED) is 0.0249. The Labute approximate surface area is 402 Å². The molecular formula is C55H98O11. The zero-order valence-electron chi connectivity index (χ0n) is 43.0. The van der Waals surface area contributed by atoms with Gasteiger partial charge >= 0.3 is 29.8 Å². The second-order valence-electron chi connectivity index (χ2n) is 19.2. The Morgan fingerprint density at radius 1 is 0.394 bits per heavy atom. The minimum Gasteiger partial charge on any atom is -0.499 e. The van der Waals surface area contributed by atoms with Crippen LogP contribution in [-0.4, -0.2) is 68.5 Å². The van der Waals surface area contributed by atoms with E-state index in [1.54, 1.807) is 0 Å². The van der Waals surface area contributed by atoms with Crippen LogP contribution < -0.4 is 0 Å². The Bertz CT molecular complexity index is 1200. The first kappa shape index (κ1) is 60.9. The lowest BCUT2D eigenvalue weighted by Gasteiger charge is -2.35. The van der Waals surface area contributed by atoms with Crippen LogP contribution in [-0.2, 0) is 52.4 Å². The molecule has 0 aromatic carbocycles. The van der Waals surface area contributed by atoms with Crippen molar-refractivity contribution in [1.82, 2.24) is 0 Å². The highest BCUT2D eigenvalue weighted by atomic mass is 16.6. The number of ether oxygens (including phenoxy) is 6. The van der Waals surface area contributed by atoms with E-state index in [1.165, 1.54) is 57.8 Å². The zero-order chi connectivity index (χ0) is 48.5. The minimum atomic E-state index is -0.680. The molecule has 0 heterocycles. The first-order valence-corrected chi connectivity index (χ1v) is 27.2. The summed E-state index contributed by atoms with van der Waals surface area (Å²) in [6, 6.07) is 0. The van der Waals surface area contributed by atoms with Crippen LogP contribution in [0.4, 0.5) is 0 Å². The zero-order valence-corrected chi connectivity index (χ0v) is 43.0. The number of carbonyl (C=O) groups is 5. The number of rotatable bonds is 44. The summed E-state index contributed by atoms with van der Waals surface area (Å²) >= 11 is 0. The summed E-state index contributed by atoms with van der Waals surface area (Å²) < 4.78 is 34.9. The van der Waals surface area contributed by atoms with Gasteiger partial charge in [0.05, 0.1) is 32.2 Å². The van der Waals surface area contributed by atoms with E-state index in [4.69, 9.17) is 28.4 Å². The molecule has 0 aromatic rings. The van der Waals surface area contributed by atoms with Gasteiger partial charge in [-0.25, -0.2) is 0 Å². The van der Waals surface area contributed by atoms with Gasteiger partial charge in [0.2, 0.25) is 0 Å². The van der Waals surface area contributed by atoms with Crippen LogP contribution in [0.2, 0.25) is 0 Å². The summed E-state index contributed by atoms with van der Waals surface area (Å²) in [7, 11) is 0. The summed E-state index contributed by atoms with van der Waals surface area (Å²) in [6.45, 7) is 16.5. The van der Waals surface area contributed by atoms with E-state index >= 15 is 0 Å². The number of hydrogen-bond acceptors (Lipinski definition) is 11. The average molecular weight is 935 g/mol. The number of hydrogen-bond donors (Lipinski definition) is 0. The average Bonchev–Trinajstić information content (AvgIpc) is 3.28. The number of allylic oxidation sites excluding steroid dienone is 1. The molecule has 0 aliphatic heterocycles. The normalized spacial score (nSPS) is 16.4. The third-order valence-corrected chi connectivity index (χ3v) is 12.9. The molecule has 2 unspecified atom stereocenters. The first-order valence-electron chi connectivity index (χ1n) is 27.2. The van der Waals surface area contributed by atoms with Crippen LogP contribution in [0.15, 0.2) is 12.3 Å². The van der Waals surface area contributed by atoms with Gasteiger partial charge in [-0.1, -0.05) is 176 Å². The molecule has 0 amide bonds. The fourth-order valence-electron chi connectivity index (χ4n) is 8.72. The fraction of sp³-hybridized carbons (Fsp3) is 0.873. The van der Waals surface area contributed by atoms with Gasteiger partial charge in [0, 0.05) is 38.5 Å². The van der Waals surface area contributed by atoms with Crippen molar-refractivity contribution in [2.75, 3.05) is 26.4 Å². The summed E-state index contributed by atoms with van der Waals surface area (Å²) in [5.41, 5.74) is 0. The Morgan fingerprint density at radius 2 is 0.712 bits per heavy atom. The second kappa shape index (κ2) is 42.0. The van der Waals surface area contributed by atoms with Gasteiger partial charge in [-0.05, 0) is 62.7 Å². The van der Waals surface area contributed by atoms with Gasteiger partial charge in [0.15, 0.2) is 0 Å². The molecule has 1 aliphatic rings. The van der Waals surface area contributed by atoms with Gasteiger partial charge in [0.1, 0.15) is 12.2 Å². The molecule has 384 valence electrons. The maximum absolute atomic E-state index is 13.8. The summed E-state index contributed by atoms with van der Waals surface area (Å²) in [5, 5.41) is 0. The molecule has 66 heavy (non-hydrogen) atoms. The topological polar surface area (TPSA) is 141 Å². The molecule has 0 N–H and O–H groups in total. The summed E-state index contributed by atoms with van der Waals surface area (Å²) in [6.07, 6.45) is 27.4. The van der Waals surface area contributed by atoms with E-state index in [-0.39, 0.29) is 44.0 Å². The highest BCUT2D eigenvalue weighted by Crippen LogP contribution is 2.33. The monoisotopic (exact) mass is 935 g/mol. The van der Waals surface area contributed by atoms with Crippen molar-refractivity contribution >= 4 is 29.8 Å². The molecule has 0 aromatic heterocycles. The van der Waals surface area contributed by atoms with E-state index in [2.05, 4.69) is 41.2 Å². The van der Waals surface area contributed by atoms with Crippen molar-refractivity contribution < 1.29 is 52.4 Å². The molecule has 11 nitrogen and oxygen atoms in total. The molecule has 11 heteroatoms. The second-order valence-corrected chi connectivity index (χ2v) is 19.2. The van der Waals surface area contributed by atoms with Crippen LogP contribution in [0.5, 0.6) is 0 Å².